The molecule has 20 heteroatoms. The maximum Gasteiger partial charge on any atom is 0.258 e. The Kier molecular flexibility index (Phi) is 16.2. The van der Waals surface area contributed by atoms with Crippen LogP contribution in [0.1, 0.15) is 124 Å². The molecule has 5 aromatic carbocycles. The number of fused-ring (bicyclic) bond motifs is 2. The van der Waals surface area contributed by atoms with Gasteiger partial charge in [0, 0.05) is 50.7 Å². The van der Waals surface area contributed by atoms with Gasteiger partial charge in [-0.05, 0) is 99.2 Å². The van der Waals surface area contributed by atoms with Crippen LogP contribution in [0, 0.1) is 23.3 Å². The van der Waals surface area contributed by atoms with Crippen molar-refractivity contribution in [1.82, 2.24) is 40.0 Å². The summed E-state index contributed by atoms with van der Waals surface area (Å²) in [6, 6.07) is 27.5. The minimum atomic E-state index is -0.982. The summed E-state index contributed by atoms with van der Waals surface area (Å²) in [5.74, 6) is -3.45. The summed E-state index contributed by atoms with van der Waals surface area (Å²) in [4.78, 5) is 75.0. The van der Waals surface area contributed by atoms with E-state index >= 15 is 0 Å². The van der Waals surface area contributed by atoms with Crippen LogP contribution in [-0.4, -0.2) is 120 Å². The van der Waals surface area contributed by atoms with Crippen LogP contribution in [0.5, 0.6) is 11.5 Å². The number of methoxy groups -OCH3 is 2. The van der Waals surface area contributed by atoms with Crippen molar-refractivity contribution in [2.24, 2.45) is 0 Å². The first kappa shape index (κ1) is 57.6. The topological polar surface area (TPSA) is 201 Å². The summed E-state index contributed by atoms with van der Waals surface area (Å²) in [6.07, 6.45) is 1.77. The van der Waals surface area contributed by atoms with E-state index in [1.165, 1.54) is 19.2 Å². The second kappa shape index (κ2) is 23.3. The van der Waals surface area contributed by atoms with Crippen LogP contribution in [0.15, 0.2) is 103 Å². The van der Waals surface area contributed by atoms with E-state index in [-0.39, 0.29) is 104 Å². The van der Waals surface area contributed by atoms with Crippen LogP contribution >= 0.6 is 0 Å². The Balaban J connectivity index is 0.000000192. The lowest BCUT2D eigenvalue weighted by atomic mass is 9.95. The molecule has 0 saturated carbocycles. The molecule has 430 valence electrons. The van der Waals surface area contributed by atoms with E-state index in [0.717, 1.165) is 52.1 Å². The number of amides is 4. The quantitative estimate of drug-likeness (QED) is 0.0780. The van der Waals surface area contributed by atoms with Gasteiger partial charge in [-0.15, -0.1) is 0 Å². The van der Waals surface area contributed by atoms with Crippen molar-refractivity contribution in [3.8, 4) is 34.3 Å². The summed E-state index contributed by atoms with van der Waals surface area (Å²) in [5.41, 5.74) is 3.64. The van der Waals surface area contributed by atoms with Gasteiger partial charge in [-0.1, -0.05) is 60.7 Å². The van der Waals surface area contributed by atoms with Gasteiger partial charge in [0.1, 0.15) is 34.8 Å². The van der Waals surface area contributed by atoms with Gasteiger partial charge in [-0.25, -0.2) is 37.5 Å². The van der Waals surface area contributed by atoms with Gasteiger partial charge in [0.15, 0.2) is 11.6 Å². The predicted molar refractivity (Wildman–Crippen MR) is 298 cm³/mol. The van der Waals surface area contributed by atoms with Crippen LogP contribution in [0.3, 0.4) is 0 Å². The third-order valence-corrected chi connectivity index (χ3v) is 15.1. The Hall–Kier alpha value is -8.62. The first-order chi connectivity index (χ1) is 39.6. The molecule has 83 heavy (non-hydrogen) atoms. The molecule has 6 heterocycles. The maximum atomic E-state index is 14.9. The first-order valence-corrected chi connectivity index (χ1v) is 27.2. The molecule has 0 radical (unpaired) electrons. The highest BCUT2D eigenvalue weighted by molar-refractivity contribution is 6.00. The van der Waals surface area contributed by atoms with Gasteiger partial charge in [0.25, 0.3) is 11.8 Å². The minimum absolute atomic E-state index is 0.00766. The largest absolute Gasteiger partial charge is 0.497 e. The average molecular weight is 1140 g/mol. The number of halogens is 4. The van der Waals surface area contributed by atoms with Crippen molar-refractivity contribution in [3.63, 3.8) is 0 Å². The summed E-state index contributed by atoms with van der Waals surface area (Å²) < 4.78 is 69.5. The van der Waals surface area contributed by atoms with Crippen LogP contribution in [0.25, 0.3) is 22.8 Å². The van der Waals surface area contributed by atoms with Crippen molar-refractivity contribution < 1.29 is 56.4 Å². The van der Waals surface area contributed by atoms with Crippen molar-refractivity contribution in [1.29, 1.82) is 0 Å². The molecule has 2 atom stereocenters. The van der Waals surface area contributed by atoms with Crippen LogP contribution in [-0.2, 0) is 42.1 Å². The van der Waals surface area contributed by atoms with Gasteiger partial charge in [-0.3, -0.25) is 19.2 Å². The molecule has 4 aliphatic rings. The van der Waals surface area contributed by atoms with Crippen LogP contribution < -0.4 is 14.8 Å². The molecule has 0 bridgehead atoms. The van der Waals surface area contributed by atoms with E-state index in [0.29, 0.717) is 71.3 Å². The maximum absolute atomic E-state index is 14.9. The molecule has 2 fully saturated rings. The van der Waals surface area contributed by atoms with Crippen LogP contribution in [0.2, 0.25) is 0 Å². The minimum Gasteiger partial charge on any atom is -0.497 e. The monoisotopic (exact) mass is 1130 g/mol. The fraction of sp³-hybridized carbons (Fsp3) is 0.333. The predicted octanol–water partition coefficient (Wildman–Crippen LogP) is 8.62. The molecular formula is C63H62F4N8O8. The standard InChI is InChI=1S/C36H36F2N4O5.C27H26F2N4O3/c1-36(2,45)20-41-15-14-25(34(41)43)22-10-8-21(9-11-22)16-28-32-29(40-33(39-28)31-26(37)6-5-7-27(31)38)19-42(35(32)44)18-23-12-13-24(46-3)17-30(23)47-4;1-27(2,36)14-33-11-10-17(26(33)35)16-8-6-15(7-9-16)12-20-23-21(13-30-25(23)34)32-24(31-20)22-18(28)4-3-5-19(22)29/h5-13,17,25,45H,14-16,18-20H2,1-4H3;3-9,17,36H,10-14H2,1-2H3,(H,30,34). The number of aliphatic hydroxyl groups is 2. The van der Waals surface area contributed by atoms with E-state index in [4.69, 9.17) is 9.47 Å². The fourth-order valence-electron chi connectivity index (χ4n) is 11.2. The van der Waals surface area contributed by atoms with E-state index in [1.807, 2.05) is 54.6 Å². The molecule has 2 saturated heterocycles. The second-order valence-electron chi connectivity index (χ2n) is 22.5. The van der Waals surface area contributed by atoms with Crippen molar-refractivity contribution in [2.45, 2.75) is 96.1 Å². The Labute approximate surface area is 477 Å². The number of hydrogen-bond donors (Lipinski definition) is 3. The number of likely N-dealkylation sites (tertiary alicyclic amines) is 2. The summed E-state index contributed by atoms with van der Waals surface area (Å²) >= 11 is 0. The number of carbonyl (C=O) groups is 4. The lowest BCUT2D eigenvalue weighted by Gasteiger charge is -2.25. The average Bonchev–Trinajstić information content (AvgIpc) is 3.92. The summed E-state index contributed by atoms with van der Waals surface area (Å²) in [6.45, 7) is 8.91. The Bertz CT molecular complexity index is 3620. The molecule has 2 unspecified atom stereocenters. The third-order valence-electron chi connectivity index (χ3n) is 15.1. The highest BCUT2D eigenvalue weighted by Crippen LogP contribution is 2.36. The number of hydrogen-bond acceptors (Lipinski definition) is 12. The van der Waals surface area contributed by atoms with Gasteiger partial charge in [-0.2, -0.15) is 0 Å². The SMILES string of the molecule is CC(C)(O)CN1CCC(c2ccc(Cc3nc(-c4c(F)cccc4F)nc4c3C(=O)NC4)cc2)C1=O.COc1ccc(CN2Cc3nc(-c4c(F)cccc4F)nc(Cc4ccc(C5CCN(CC(C)(C)O)C5=O)cc4)c3C2=O)c(OC)c1. The van der Waals surface area contributed by atoms with Crippen LogP contribution in [0.4, 0.5) is 17.6 Å². The molecule has 16 nitrogen and oxygen atoms in total. The molecule has 4 aliphatic heterocycles. The van der Waals surface area contributed by atoms with E-state index in [1.54, 1.807) is 61.6 Å². The molecule has 2 aromatic heterocycles. The molecule has 4 amide bonds. The van der Waals surface area contributed by atoms with Gasteiger partial charge < -0.3 is 39.7 Å². The molecule has 0 aliphatic carbocycles. The number of rotatable bonds is 16. The summed E-state index contributed by atoms with van der Waals surface area (Å²) in [5, 5.41) is 23.0. The van der Waals surface area contributed by atoms with Gasteiger partial charge >= 0.3 is 0 Å². The van der Waals surface area contributed by atoms with Gasteiger partial charge in [0.05, 0.1) is 102 Å². The van der Waals surface area contributed by atoms with Crippen molar-refractivity contribution in [3.05, 3.63) is 188 Å². The lowest BCUT2D eigenvalue weighted by Crippen LogP contribution is -2.39. The number of benzene rings is 5. The van der Waals surface area contributed by atoms with Crippen molar-refractivity contribution in [2.75, 3.05) is 40.4 Å². The first-order valence-electron chi connectivity index (χ1n) is 27.2. The number of β-amino-alcohol motifs (C(OH)–C–C–N with tert-alkyl or cyclic N) is 2. The molecule has 7 aromatic rings. The number of nitrogens with zero attached hydrogens (tertiary/aromatic N) is 7. The van der Waals surface area contributed by atoms with E-state index in [9.17, 15) is 47.0 Å². The highest BCUT2D eigenvalue weighted by atomic mass is 19.1. The van der Waals surface area contributed by atoms with E-state index in [2.05, 4.69) is 25.3 Å². The lowest BCUT2D eigenvalue weighted by molar-refractivity contribution is -0.132. The smallest absolute Gasteiger partial charge is 0.258 e. The fourth-order valence-corrected chi connectivity index (χ4v) is 11.2. The second-order valence-corrected chi connectivity index (χ2v) is 22.5. The number of carbonyl (C=O) groups excluding carboxylic acids is 4. The van der Waals surface area contributed by atoms with E-state index < -0.39 is 34.5 Å². The number of aromatic nitrogens is 4. The zero-order chi connectivity index (χ0) is 59.1. The zero-order valence-corrected chi connectivity index (χ0v) is 46.7. The Morgan fingerprint density at radius 1 is 0.578 bits per heavy atom. The number of nitrogens with one attached hydrogen (secondary N) is 1. The normalized spacial score (nSPS) is 16.7. The van der Waals surface area contributed by atoms with Crippen molar-refractivity contribution >= 4 is 23.6 Å². The molecular weight excluding hydrogens is 1070 g/mol. The zero-order valence-electron chi connectivity index (χ0n) is 46.7. The summed E-state index contributed by atoms with van der Waals surface area (Å²) in [7, 11) is 3.09. The highest BCUT2D eigenvalue weighted by Gasteiger charge is 2.38. The van der Waals surface area contributed by atoms with Gasteiger partial charge in [0.2, 0.25) is 11.8 Å². The molecule has 3 N–H and O–H groups in total. The number of ether oxygens (including phenoxy) is 2. The molecule has 0 spiro atoms. The Morgan fingerprint density at radius 2 is 1.05 bits per heavy atom. The molecule has 11 rings (SSSR count). The third kappa shape index (κ3) is 12.4. The Morgan fingerprint density at radius 3 is 1.51 bits per heavy atom.